The highest BCUT2D eigenvalue weighted by molar-refractivity contribution is 6.06. The lowest BCUT2D eigenvalue weighted by molar-refractivity contribution is 0.0951. The van der Waals surface area contributed by atoms with Crippen LogP contribution in [0, 0.1) is 11.3 Å². The van der Waals surface area contributed by atoms with E-state index in [0.717, 1.165) is 6.42 Å². The molecule has 0 unspecified atom stereocenters. The molecule has 0 saturated heterocycles. The van der Waals surface area contributed by atoms with Crippen LogP contribution < -0.4 is 10.6 Å². The van der Waals surface area contributed by atoms with Crippen molar-refractivity contribution >= 4 is 23.0 Å². The number of imidazole rings is 1. The Morgan fingerprint density at radius 3 is 2.81 bits per heavy atom. The molecule has 0 aliphatic carbocycles. The average Bonchev–Trinajstić information content (AvgIpc) is 3.06. The minimum Gasteiger partial charge on any atom is -0.351 e. The van der Waals surface area contributed by atoms with Gasteiger partial charge in [0.25, 0.3) is 11.8 Å². The minimum atomic E-state index is -0.462. The molecule has 3 rings (SSSR count). The topological polar surface area (TPSA) is 99.3 Å². The summed E-state index contributed by atoms with van der Waals surface area (Å²) in [5.41, 5.74) is 1.68. The maximum Gasteiger partial charge on any atom is 0.292 e. The second-order valence-corrected chi connectivity index (χ2v) is 5.64. The molecule has 130 valence electrons. The van der Waals surface area contributed by atoms with Crippen molar-refractivity contribution < 1.29 is 9.59 Å². The lowest BCUT2D eigenvalue weighted by Crippen LogP contribution is -2.24. The van der Waals surface area contributed by atoms with E-state index in [-0.39, 0.29) is 17.4 Å². The Bertz CT molecular complexity index is 1020. The van der Waals surface area contributed by atoms with Crippen LogP contribution in [0.3, 0.4) is 0 Å². The highest BCUT2D eigenvalue weighted by Gasteiger charge is 2.21. The fourth-order valence-electron chi connectivity index (χ4n) is 2.54. The monoisotopic (exact) mass is 347 g/mol. The average molecular weight is 347 g/mol. The van der Waals surface area contributed by atoms with Crippen molar-refractivity contribution in [2.24, 2.45) is 0 Å². The predicted molar refractivity (Wildman–Crippen MR) is 96.9 cm³/mol. The molecule has 7 nitrogen and oxygen atoms in total. The Kier molecular flexibility index (Phi) is 4.94. The van der Waals surface area contributed by atoms with E-state index in [1.54, 1.807) is 53.1 Å². The maximum atomic E-state index is 12.7. The van der Waals surface area contributed by atoms with Gasteiger partial charge in [0.1, 0.15) is 0 Å². The van der Waals surface area contributed by atoms with E-state index in [1.165, 1.54) is 0 Å². The summed E-state index contributed by atoms with van der Waals surface area (Å²) in [6.45, 7) is 2.49. The molecule has 1 aromatic carbocycles. The Morgan fingerprint density at radius 1 is 1.19 bits per heavy atom. The third-order valence-electron chi connectivity index (χ3n) is 3.75. The molecule has 0 aliphatic heterocycles. The first-order chi connectivity index (χ1) is 12.6. The quantitative estimate of drug-likeness (QED) is 0.741. The number of anilines is 1. The number of pyridine rings is 1. The molecule has 0 bridgehead atoms. The summed E-state index contributed by atoms with van der Waals surface area (Å²) in [4.78, 5) is 29.3. The van der Waals surface area contributed by atoms with Gasteiger partial charge >= 0.3 is 0 Å². The first kappa shape index (κ1) is 17.2. The number of nitriles is 1. The van der Waals surface area contributed by atoms with Crippen LogP contribution in [0.2, 0.25) is 0 Å². The summed E-state index contributed by atoms with van der Waals surface area (Å²) in [5.74, 6) is -0.679. The van der Waals surface area contributed by atoms with Crippen LogP contribution in [-0.4, -0.2) is 27.7 Å². The van der Waals surface area contributed by atoms with E-state index >= 15 is 0 Å². The predicted octanol–water partition coefficient (Wildman–Crippen LogP) is 2.60. The van der Waals surface area contributed by atoms with Crippen molar-refractivity contribution in [2.75, 3.05) is 11.9 Å². The van der Waals surface area contributed by atoms with E-state index in [0.29, 0.717) is 23.3 Å². The molecule has 0 fully saturated rings. The van der Waals surface area contributed by atoms with Crippen molar-refractivity contribution in [2.45, 2.75) is 13.3 Å². The number of amides is 2. The molecular formula is C19H17N5O2. The molecule has 2 N–H and O–H groups in total. The molecule has 2 aromatic heterocycles. The van der Waals surface area contributed by atoms with Crippen LogP contribution >= 0.6 is 0 Å². The van der Waals surface area contributed by atoms with Gasteiger partial charge in [0.15, 0.2) is 5.69 Å². The normalized spacial score (nSPS) is 10.3. The molecule has 3 aromatic rings. The SMILES string of the molecule is CCCNC(=O)c1nc(C(=O)Nc2cccc(C#N)c2)n2ccccc12. The first-order valence-electron chi connectivity index (χ1n) is 8.21. The zero-order valence-corrected chi connectivity index (χ0v) is 14.2. The minimum absolute atomic E-state index is 0.101. The van der Waals surface area contributed by atoms with Gasteiger partial charge in [-0.3, -0.25) is 14.0 Å². The number of hydrogen-bond donors (Lipinski definition) is 2. The Hall–Kier alpha value is -3.66. The summed E-state index contributed by atoms with van der Waals surface area (Å²) < 4.78 is 1.57. The molecule has 2 amide bonds. The number of carbonyl (C=O) groups excluding carboxylic acids is 2. The highest BCUT2D eigenvalue weighted by Crippen LogP contribution is 2.16. The Labute approximate surface area is 150 Å². The van der Waals surface area contributed by atoms with Gasteiger partial charge in [-0.2, -0.15) is 5.26 Å². The Morgan fingerprint density at radius 2 is 2.04 bits per heavy atom. The molecule has 0 aliphatic rings. The number of fused-ring (bicyclic) bond motifs is 1. The second-order valence-electron chi connectivity index (χ2n) is 5.64. The molecule has 0 saturated carbocycles. The van der Waals surface area contributed by atoms with E-state index in [2.05, 4.69) is 15.6 Å². The standard InChI is InChI=1S/C19H17N5O2/c1-2-9-21-18(25)16-15-8-3-4-10-24(15)17(23-16)19(26)22-14-7-5-6-13(11-14)12-20/h3-8,10-11H,2,9H2,1H3,(H,21,25)(H,22,26). The number of rotatable bonds is 5. The number of carbonyl (C=O) groups is 2. The number of nitrogens with one attached hydrogen (secondary N) is 2. The molecule has 7 heteroatoms. The number of nitrogens with zero attached hydrogens (tertiary/aromatic N) is 3. The molecule has 0 spiro atoms. The fourth-order valence-corrected chi connectivity index (χ4v) is 2.54. The third kappa shape index (κ3) is 3.39. The van der Waals surface area contributed by atoms with Gasteiger partial charge in [-0.15, -0.1) is 0 Å². The lowest BCUT2D eigenvalue weighted by atomic mass is 10.2. The van der Waals surface area contributed by atoms with Crippen LogP contribution in [0.25, 0.3) is 5.52 Å². The van der Waals surface area contributed by atoms with E-state index < -0.39 is 5.91 Å². The molecule has 2 heterocycles. The van der Waals surface area contributed by atoms with Gasteiger partial charge in [0.2, 0.25) is 5.82 Å². The first-order valence-corrected chi connectivity index (χ1v) is 8.21. The second kappa shape index (κ2) is 7.49. The maximum absolute atomic E-state index is 12.7. The lowest BCUT2D eigenvalue weighted by Gasteiger charge is -2.04. The highest BCUT2D eigenvalue weighted by atomic mass is 16.2. The van der Waals surface area contributed by atoms with Crippen LogP contribution in [0.15, 0.2) is 48.7 Å². The van der Waals surface area contributed by atoms with Crippen molar-refractivity contribution in [1.82, 2.24) is 14.7 Å². The van der Waals surface area contributed by atoms with Gasteiger partial charge in [-0.1, -0.05) is 19.1 Å². The van der Waals surface area contributed by atoms with Crippen LogP contribution in [0.1, 0.15) is 40.0 Å². The molecular weight excluding hydrogens is 330 g/mol. The van der Waals surface area contributed by atoms with E-state index in [1.807, 2.05) is 13.0 Å². The zero-order valence-electron chi connectivity index (χ0n) is 14.2. The van der Waals surface area contributed by atoms with Gasteiger partial charge in [-0.25, -0.2) is 4.98 Å². The van der Waals surface area contributed by atoms with Crippen molar-refractivity contribution in [3.8, 4) is 6.07 Å². The van der Waals surface area contributed by atoms with E-state index in [9.17, 15) is 9.59 Å². The fraction of sp³-hybridized carbons (Fsp3) is 0.158. The van der Waals surface area contributed by atoms with Crippen LogP contribution in [-0.2, 0) is 0 Å². The van der Waals surface area contributed by atoms with Crippen molar-refractivity contribution in [3.05, 3.63) is 65.7 Å². The largest absolute Gasteiger partial charge is 0.351 e. The summed E-state index contributed by atoms with van der Waals surface area (Å²) in [6, 6.07) is 13.9. The van der Waals surface area contributed by atoms with Gasteiger partial charge < -0.3 is 10.6 Å². The van der Waals surface area contributed by atoms with Crippen LogP contribution in [0.5, 0.6) is 0 Å². The summed E-state index contributed by atoms with van der Waals surface area (Å²) in [6.07, 6.45) is 2.49. The van der Waals surface area contributed by atoms with E-state index in [4.69, 9.17) is 5.26 Å². The number of hydrogen-bond acceptors (Lipinski definition) is 4. The van der Waals surface area contributed by atoms with Gasteiger partial charge in [-0.05, 0) is 36.8 Å². The van der Waals surface area contributed by atoms with Gasteiger partial charge in [0.05, 0.1) is 17.1 Å². The summed E-state index contributed by atoms with van der Waals surface area (Å²) in [7, 11) is 0. The zero-order chi connectivity index (χ0) is 18.5. The number of benzene rings is 1. The number of aromatic nitrogens is 2. The Balaban J connectivity index is 1.95. The summed E-state index contributed by atoms with van der Waals surface area (Å²) in [5, 5.41) is 14.5. The molecule has 26 heavy (non-hydrogen) atoms. The van der Waals surface area contributed by atoms with Crippen molar-refractivity contribution in [1.29, 1.82) is 5.26 Å². The molecule has 0 radical (unpaired) electrons. The molecule has 0 atom stereocenters. The smallest absolute Gasteiger partial charge is 0.292 e. The van der Waals surface area contributed by atoms with Crippen molar-refractivity contribution in [3.63, 3.8) is 0 Å². The summed E-state index contributed by atoms with van der Waals surface area (Å²) >= 11 is 0. The van der Waals surface area contributed by atoms with Crippen LogP contribution in [0.4, 0.5) is 5.69 Å². The van der Waals surface area contributed by atoms with Gasteiger partial charge in [0, 0.05) is 18.4 Å². The third-order valence-corrected chi connectivity index (χ3v) is 3.75.